The van der Waals surface area contributed by atoms with Crippen molar-refractivity contribution in [2.45, 2.75) is 32.3 Å². The average molecular weight is 423 g/mol. The van der Waals surface area contributed by atoms with E-state index in [1.165, 1.54) is 0 Å². The third-order valence-corrected chi connectivity index (χ3v) is 3.99. The SMILES string of the molecule is O=C(O)CN(CC(=O)O)CC(=O)NCCCCCCNC(=O)OCc1ccccc1. The lowest BCUT2D eigenvalue weighted by atomic mass is 10.2. The summed E-state index contributed by atoms with van der Waals surface area (Å²) in [6.45, 7) is -0.171. The van der Waals surface area contributed by atoms with Gasteiger partial charge in [0.2, 0.25) is 5.91 Å². The van der Waals surface area contributed by atoms with Crippen molar-refractivity contribution in [2.75, 3.05) is 32.7 Å². The topological polar surface area (TPSA) is 145 Å². The van der Waals surface area contributed by atoms with E-state index in [9.17, 15) is 19.2 Å². The lowest BCUT2D eigenvalue weighted by Gasteiger charge is -2.17. The van der Waals surface area contributed by atoms with Gasteiger partial charge in [-0.15, -0.1) is 0 Å². The van der Waals surface area contributed by atoms with Gasteiger partial charge < -0.3 is 25.6 Å². The quantitative estimate of drug-likeness (QED) is 0.306. The molecule has 0 heterocycles. The number of carbonyl (C=O) groups excluding carboxylic acids is 2. The van der Waals surface area contributed by atoms with E-state index < -0.39 is 37.0 Å². The summed E-state index contributed by atoms with van der Waals surface area (Å²) in [5.41, 5.74) is 0.920. The fourth-order valence-corrected chi connectivity index (χ4v) is 2.61. The number of carboxylic acids is 2. The third kappa shape index (κ3) is 13.1. The maximum absolute atomic E-state index is 11.8. The van der Waals surface area contributed by atoms with E-state index in [1.807, 2.05) is 30.3 Å². The molecule has 0 aliphatic carbocycles. The first-order chi connectivity index (χ1) is 14.4. The van der Waals surface area contributed by atoms with Gasteiger partial charge in [-0.05, 0) is 18.4 Å². The Balaban J connectivity index is 2.02. The van der Waals surface area contributed by atoms with Crippen LogP contribution in [-0.4, -0.2) is 71.8 Å². The smallest absolute Gasteiger partial charge is 0.407 e. The average Bonchev–Trinajstić information content (AvgIpc) is 2.68. The van der Waals surface area contributed by atoms with Crippen LogP contribution in [0, 0.1) is 0 Å². The first-order valence-electron chi connectivity index (χ1n) is 9.74. The Kier molecular flexibility index (Phi) is 12.3. The molecule has 0 atom stereocenters. The van der Waals surface area contributed by atoms with Crippen LogP contribution >= 0.6 is 0 Å². The number of unbranched alkanes of at least 4 members (excludes halogenated alkanes) is 3. The molecule has 2 amide bonds. The number of nitrogens with one attached hydrogen (secondary N) is 2. The first-order valence-corrected chi connectivity index (χ1v) is 9.74. The van der Waals surface area contributed by atoms with Crippen LogP contribution in [0.4, 0.5) is 4.79 Å². The summed E-state index contributed by atoms with van der Waals surface area (Å²) in [5, 5.41) is 22.8. The number of benzene rings is 1. The van der Waals surface area contributed by atoms with Gasteiger partial charge in [-0.25, -0.2) is 4.79 Å². The molecule has 4 N–H and O–H groups in total. The van der Waals surface area contributed by atoms with E-state index in [1.54, 1.807) is 0 Å². The Labute approximate surface area is 175 Å². The minimum absolute atomic E-state index is 0.225. The van der Waals surface area contributed by atoms with Crippen LogP contribution in [0.1, 0.15) is 31.2 Å². The van der Waals surface area contributed by atoms with Crippen molar-refractivity contribution in [3.05, 3.63) is 35.9 Å². The molecule has 30 heavy (non-hydrogen) atoms. The van der Waals surface area contributed by atoms with Crippen molar-refractivity contribution in [1.29, 1.82) is 0 Å². The lowest BCUT2D eigenvalue weighted by Crippen LogP contribution is -2.42. The van der Waals surface area contributed by atoms with Crippen LogP contribution in [0.2, 0.25) is 0 Å². The van der Waals surface area contributed by atoms with Gasteiger partial charge in [-0.3, -0.25) is 19.3 Å². The molecule has 0 unspecified atom stereocenters. The highest BCUT2D eigenvalue weighted by molar-refractivity contribution is 5.80. The van der Waals surface area contributed by atoms with Crippen LogP contribution in [0.25, 0.3) is 0 Å². The molecule has 1 aromatic rings. The zero-order valence-corrected chi connectivity index (χ0v) is 16.8. The second-order valence-electron chi connectivity index (χ2n) is 6.69. The molecule has 10 nitrogen and oxygen atoms in total. The molecule has 0 saturated heterocycles. The number of amides is 2. The fourth-order valence-electron chi connectivity index (χ4n) is 2.61. The number of carboxylic acid groups (broad SMARTS) is 2. The summed E-state index contributed by atoms with van der Waals surface area (Å²) >= 11 is 0. The molecule has 1 rings (SSSR count). The summed E-state index contributed by atoms with van der Waals surface area (Å²) in [6, 6.07) is 9.40. The van der Waals surface area contributed by atoms with E-state index >= 15 is 0 Å². The number of ether oxygens (including phenoxy) is 1. The number of aliphatic carboxylic acids is 2. The fraction of sp³-hybridized carbons (Fsp3) is 0.500. The van der Waals surface area contributed by atoms with Gasteiger partial charge in [0, 0.05) is 13.1 Å². The Hall–Kier alpha value is -3.14. The summed E-state index contributed by atoms with van der Waals surface area (Å²) < 4.78 is 5.10. The van der Waals surface area contributed by atoms with Crippen LogP contribution < -0.4 is 10.6 Å². The standard InChI is InChI=1S/C20H29N3O7/c24-17(12-23(13-18(25)26)14-19(27)28)21-10-6-1-2-7-11-22-20(29)30-15-16-8-4-3-5-9-16/h3-5,8-9H,1-2,6-7,10-15H2,(H,21,24)(H,22,29)(H,25,26)(H,27,28). The van der Waals surface area contributed by atoms with E-state index in [0.29, 0.717) is 13.1 Å². The Morgan fingerprint density at radius 3 is 1.93 bits per heavy atom. The van der Waals surface area contributed by atoms with Gasteiger partial charge in [0.15, 0.2) is 0 Å². The number of carbonyl (C=O) groups is 4. The normalized spacial score (nSPS) is 10.4. The number of nitrogens with zero attached hydrogens (tertiary/aromatic N) is 1. The number of alkyl carbamates (subject to hydrolysis) is 1. The molecule has 0 aromatic heterocycles. The molecular formula is C20H29N3O7. The van der Waals surface area contributed by atoms with Crippen LogP contribution in [0.3, 0.4) is 0 Å². The molecule has 166 valence electrons. The van der Waals surface area contributed by atoms with Crippen molar-refractivity contribution in [2.24, 2.45) is 0 Å². The predicted octanol–water partition coefficient (Wildman–Crippen LogP) is 1.06. The predicted molar refractivity (Wildman–Crippen MR) is 108 cm³/mol. The highest BCUT2D eigenvalue weighted by Crippen LogP contribution is 2.01. The van der Waals surface area contributed by atoms with Crippen molar-refractivity contribution in [3.63, 3.8) is 0 Å². The molecule has 0 aliphatic rings. The van der Waals surface area contributed by atoms with Gasteiger partial charge in [-0.1, -0.05) is 43.2 Å². The lowest BCUT2D eigenvalue weighted by molar-refractivity contribution is -0.142. The van der Waals surface area contributed by atoms with E-state index in [2.05, 4.69) is 10.6 Å². The third-order valence-electron chi connectivity index (χ3n) is 3.99. The maximum Gasteiger partial charge on any atom is 0.407 e. The van der Waals surface area contributed by atoms with Crippen molar-refractivity contribution in [3.8, 4) is 0 Å². The number of rotatable bonds is 15. The summed E-state index contributed by atoms with van der Waals surface area (Å²) in [6.07, 6.45) is 2.74. The van der Waals surface area contributed by atoms with Crippen LogP contribution in [-0.2, 0) is 25.7 Å². The van der Waals surface area contributed by atoms with Crippen LogP contribution in [0.5, 0.6) is 0 Å². The molecular weight excluding hydrogens is 394 g/mol. The molecule has 0 fully saturated rings. The van der Waals surface area contributed by atoms with Gasteiger partial charge >= 0.3 is 18.0 Å². The molecule has 0 bridgehead atoms. The largest absolute Gasteiger partial charge is 0.480 e. The minimum Gasteiger partial charge on any atom is -0.480 e. The second-order valence-corrected chi connectivity index (χ2v) is 6.69. The van der Waals surface area contributed by atoms with Gasteiger partial charge in [-0.2, -0.15) is 0 Å². The second kappa shape index (κ2) is 14.8. The highest BCUT2D eigenvalue weighted by Gasteiger charge is 2.16. The number of hydrogen-bond donors (Lipinski definition) is 4. The Morgan fingerprint density at radius 1 is 0.800 bits per heavy atom. The minimum atomic E-state index is -1.19. The summed E-state index contributed by atoms with van der Waals surface area (Å²) in [5.74, 6) is -2.80. The maximum atomic E-state index is 11.8. The molecule has 1 aromatic carbocycles. The molecule has 0 radical (unpaired) electrons. The van der Waals surface area contributed by atoms with Crippen LogP contribution in [0.15, 0.2) is 30.3 Å². The highest BCUT2D eigenvalue weighted by atomic mass is 16.5. The van der Waals surface area contributed by atoms with E-state index in [0.717, 1.165) is 36.1 Å². The molecule has 0 spiro atoms. The van der Waals surface area contributed by atoms with Gasteiger partial charge in [0.05, 0.1) is 19.6 Å². The van der Waals surface area contributed by atoms with E-state index in [4.69, 9.17) is 14.9 Å². The number of hydrogen-bond acceptors (Lipinski definition) is 6. The van der Waals surface area contributed by atoms with Gasteiger partial charge in [0.1, 0.15) is 6.61 Å². The zero-order valence-electron chi connectivity index (χ0n) is 16.8. The zero-order chi connectivity index (χ0) is 22.2. The van der Waals surface area contributed by atoms with Crippen molar-refractivity contribution >= 4 is 23.9 Å². The summed E-state index contributed by atoms with van der Waals surface area (Å²) in [4.78, 5) is 45.8. The van der Waals surface area contributed by atoms with Crippen molar-refractivity contribution in [1.82, 2.24) is 15.5 Å². The molecule has 0 aliphatic heterocycles. The molecule has 10 heteroatoms. The monoisotopic (exact) mass is 423 g/mol. The Bertz CT molecular complexity index is 666. The first kappa shape index (κ1) is 24.9. The van der Waals surface area contributed by atoms with E-state index in [-0.39, 0.29) is 13.2 Å². The van der Waals surface area contributed by atoms with Crippen molar-refractivity contribution < 1.29 is 34.1 Å². The Morgan fingerprint density at radius 2 is 1.37 bits per heavy atom. The van der Waals surface area contributed by atoms with Gasteiger partial charge in [0.25, 0.3) is 0 Å². The summed E-state index contributed by atoms with van der Waals surface area (Å²) in [7, 11) is 0. The molecule has 0 saturated carbocycles.